The van der Waals surface area contributed by atoms with Crippen LogP contribution in [0.4, 0.5) is 0 Å². The minimum absolute atomic E-state index is 0.0764. The predicted molar refractivity (Wildman–Crippen MR) is 115 cm³/mol. The normalized spacial score (nSPS) is 12.6. The van der Waals surface area contributed by atoms with Crippen molar-refractivity contribution in [2.75, 3.05) is 5.75 Å². The fourth-order valence-electron chi connectivity index (χ4n) is 3.01. The first-order valence-electron chi connectivity index (χ1n) is 10.6. The number of amides is 1. The summed E-state index contributed by atoms with van der Waals surface area (Å²) in [5.74, 6) is 0.386. The van der Waals surface area contributed by atoms with Gasteiger partial charge in [-0.3, -0.25) is 4.79 Å². The smallest absolute Gasteiger partial charge is 0.308 e. The van der Waals surface area contributed by atoms with Gasteiger partial charge in [0.1, 0.15) is 5.75 Å². The number of carbonyl (C=O) groups excluding carboxylic acids is 1. The van der Waals surface area contributed by atoms with Crippen molar-refractivity contribution < 1.29 is 17.4 Å². The van der Waals surface area contributed by atoms with Gasteiger partial charge in [0.2, 0.25) is 5.91 Å². The number of benzene rings is 1. The summed E-state index contributed by atoms with van der Waals surface area (Å²) < 4.78 is 28.5. The van der Waals surface area contributed by atoms with Gasteiger partial charge in [-0.25, -0.2) is 0 Å². The van der Waals surface area contributed by atoms with E-state index in [2.05, 4.69) is 20.8 Å². The van der Waals surface area contributed by atoms with Gasteiger partial charge in [0.25, 0.3) is 0 Å². The summed E-state index contributed by atoms with van der Waals surface area (Å²) in [4.78, 5) is 14.7. The highest BCUT2D eigenvalue weighted by atomic mass is 32.2. The van der Waals surface area contributed by atoms with Gasteiger partial charge in [0.15, 0.2) is 0 Å². The lowest BCUT2D eigenvalue weighted by Gasteiger charge is -2.29. The number of hydrogen-bond donors (Lipinski definition) is 0. The summed E-state index contributed by atoms with van der Waals surface area (Å²) in [6, 6.07) is 7.14. The van der Waals surface area contributed by atoms with E-state index < -0.39 is 10.1 Å². The quantitative estimate of drug-likeness (QED) is 0.308. The third-order valence-corrected chi connectivity index (χ3v) is 6.17. The summed E-state index contributed by atoms with van der Waals surface area (Å²) in [5, 5.41) is 0. The number of rotatable bonds is 14. The topological polar surface area (TPSA) is 63.7 Å². The van der Waals surface area contributed by atoms with Gasteiger partial charge in [-0.05, 0) is 44.4 Å². The lowest BCUT2D eigenvalue weighted by atomic mass is 10.1. The van der Waals surface area contributed by atoms with E-state index in [-0.39, 0.29) is 17.7 Å². The van der Waals surface area contributed by atoms with Gasteiger partial charge in [0, 0.05) is 19.0 Å². The molecule has 1 atom stereocenters. The molecule has 28 heavy (non-hydrogen) atoms. The zero-order valence-electron chi connectivity index (χ0n) is 17.9. The van der Waals surface area contributed by atoms with Crippen molar-refractivity contribution in [3.8, 4) is 5.75 Å². The fourth-order valence-corrected chi connectivity index (χ4v) is 3.52. The maximum Gasteiger partial charge on any atom is 0.308 e. The van der Waals surface area contributed by atoms with Gasteiger partial charge in [0.05, 0.1) is 5.75 Å². The van der Waals surface area contributed by atoms with E-state index in [1.165, 1.54) is 25.7 Å². The van der Waals surface area contributed by atoms with E-state index in [0.29, 0.717) is 18.7 Å². The molecule has 0 fully saturated rings. The molecule has 6 heteroatoms. The number of unbranched alkanes of at least 4 members (excludes halogenated alkanes) is 5. The molecule has 1 amide bonds. The van der Waals surface area contributed by atoms with Crippen LogP contribution in [0.5, 0.6) is 5.75 Å². The SMILES string of the molecule is CCCCCCCCC(=O)N(Cc1cccc(OS(=O)(=O)CC)c1)C(C)CC. The molecule has 5 nitrogen and oxygen atoms in total. The zero-order valence-corrected chi connectivity index (χ0v) is 18.8. The third-order valence-electron chi connectivity index (χ3n) is 5.02. The maximum absolute atomic E-state index is 12.8. The molecule has 0 heterocycles. The van der Waals surface area contributed by atoms with Crippen molar-refractivity contribution in [1.29, 1.82) is 0 Å². The molecular formula is C22H37NO4S. The second kappa shape index (κ2) is 12.8. The monoisotopic (exact) mass is 411 g/mol. The summed E-state index contributed by atoms with van der Waals surface area (Å²) in [7, 11) is -3.56. The Balaban J connectivity index is 2.72. The molecule has 1 aromatic rings. The second-order valence-electron chi connectivity index (χ2n) is 7.37. The Morgan fingerprint density at radius 1 is 1.07 bits per heavy atom. The van der Waals surface area contributed by atoms with Crippen molar-refractivity contribution in [3.63, 3.8) is 0 Å². The van der Waals surface area contributed by atoms with Crippen LogP contribution in [0.25, 0.3) is 0 Å². The van der Waals surface area contributed by atoms with Crippen LogP contribution in [0.15, 0.2) is 24.3 Å². The van der Waals surface area contributed by atoms with Crippen LogP contribution in [0, 0.1) is 0 Å². The van der Waals surface area contributed by atoms with Crippen LogP contribution < -0.4 is 4.18 Å². The van der Waals surface area contributed by atoms with Crippen molar-refractivity contribution in [2.45, 2.75) is 91.6 Å². The van der Waals surface area contributed by atoms with Crippen LogP contribution in [0.1, 0.15) is 84.6 Å². The van der Waals surface area contributed by atoms with Crippen molar-refractivity contribution in [1.82, 2.24) is 4.90 Å². The van der Waals surface area contributed by atoms with E-state index in [1.54, 1.807) is 25.1 Å². The lowest BCUT2D eigenvalue weighted by molar-refractivity contribution is -0.134. The van der Waals surface area contributed by atoms with Crippen LogP contribution >= 0.6 is 0 Å². The van der Waals surface area contributed by atoms with Gasteiger partial charge >= 0.3 is 10.1 Å². The summed E-state index contributed by atoms with van der Waals surface area (Å²) >= 11 is 0. The molecule has 1 rings (SSSR count). The molecule has 0 N–H and O–H groups in total. The molecule has 1 aromatic carbocycles. The highest BCUT2D eigenvalue weighted by Gasteiger charge is 2.19. The van der Waals surface area contributed by atoms with Crippen LogP contribution in [-0.2, 0) is 21.5 Å². The first-order valence-corrected chi connectivity index (χ1v) is 12.2. The second-order valence-corrected chi connectivity index (χ2v) is 9.23. The van der Waals surface area contributed by atoms with Crippen LogP contribution in [0.2, 0.25) is 0 Å². The highest BCUT2D eigenvalue weighted by Crippen LogP contribution is 2.20. The third kappa shape index (κ3) is 9.09. The summed E-state index contributed by atoms with van der Waals surface area (Å²) in [6.45, 7) is 8.34. The molecule has 0 saturated carbocycles. The first-order chi connectivity index (χ1) is 13.3. The molecule has 0 aliphatic carbocycles. The molecule has 0 radical (unpaired) electrons. The molecule has 1 unspecified atom stereocenters. The average molecular weight is 412 g/mol. The molecule has 160 valence electrons. The van der Waals surface area contributed by atoms with Gasteiger partial charge in [-0.1, -0.05) is 58.1 Å². The van der Waals surface area contributed by atoms with E-state index >= 15 is 0 Å². The van der Waals surface area contributed by atoms with E-state index in [1.807, 2.05) is 11.0 Å². The first kappa shape index (κ1) is 24.5. The van der Waals surface area contributed by atoms with Gasteiger partial charge in [-0.2, -0.15) is 8.42 Å². The van der Waals surface area contributed by atoms with Crippen molar-refractivity contribution in [2.24, 2.45) is 0 Å². The zero-order chi connectivity index (χ0) is 21.0. The molecule has 0 spiro atoms. The minimum Gasteiger partial charge on any atom is -0.382 e. The van der Waals surface area contributed by atoms with Gasteiger partial charge < -0.3 is 9.08 Å². The van der Waals surface area contributed by atoms with E-state index in [0.717, 1.165) is 24.8 Å². The Labute approximate surface area is 171 Å². The summed E-state index contributed by atoms with van der Waals surface area (Å²) in [5.41, 5.74) is 0.875. The largest absolute Gasteiger partial charge is 0.382 e. The number of nitrogens with zero attached hydrogens (tertiary/aromatic N) is 1. The Hall–Kier alpha value is -1.56. The molecule has 0 bridgehead atoms. The van der Waals surface area contributed by atoms with E-state index in [4.69, 9.17) is 4.18 Å². The Kier molecular flexibility index (Phi) is 11.2. The molecule has 0 saturated heterocycles. The number of hydrogen-bond acceptors (Lipinski definition) is 4. The van der Waals surface area contributed by atoms with E-state index in [9.17, 15) is 13.2 Å². The minimum atomic E-state index is -3.56. The highest BCUT2D eigenvalue weighted by molar-refractivity contribution is 7.87. The Bertz CT molecular complexity index is 688. The summed E-state index contributed by atoms with van der Waals surface area (Å²) in [6.07, 6.45) is 8.39. The lowest BCUT2D eigenvalue weighted by Crippen LogP contribution is -2.37. The molecule has 0 aliphatic heterocycles. The standard InChI is InChI=1S/C22H37NO4S/c1-5-8-9-10-11-12-16-22(24)23(19(4)6-2)18-20-14-13-15-21(17-20)27-28(25,26)7-3/h13-15,17,19H,5-12,16,18H2,1-4H3. The van der Waals surface area contributed by atoms with Gasteiger partial charge in [-0.15, -0.1) is 0 Å². The van der Waals surface area contributed by atoms with Crippen molar-refractivity contribution >= 4 is 16.0 Å². The fraction of sp³-hybridized carbons (Fsp3) is 0.682. The maximum atomic E-state index is 12.8. The molecule has 0 aromatic heterocycles. The van der Waals surface area contributed by atoms with Crippen LogP contribution in [-0.4, -0.2) is 31.0 Å². The van der Waals surface area contributed by atoms with Crippen LogP contribution in [0.3, 0.4) is 0 Å². The predicted octanol–water partition coefficient (Wildman–Crippen LogP) is 5.29. The number of carbonyl (C=O) groups is 1. The molecule has 0 aliphatic rings. The molecular weight excluding hydrogens is 374 g/mol. The average Bonchev–Trinajstić information content (AvgIpc) is 2.68. The van der Waals surface area contributed by atoms with Crippen molar-refractivity contribution in [3.05, 3.63) is 29.8 Å². The Morgan fingerprint density at radius 2 is 1.75 bits per heavy atom. The Morgan fingerprint density at radius 3 is 2.39 bits per heavy atom.